The Morgan fingerprint density at radius 1 is 1.50 bits per heavy atom. The van der Waals surface area contributed by atoms with Gasteiger partial charge in [0.1, 0.15) is 17.7 Å². The lowest BCUT2D eigenvalue weighted by molar-refractivity contribution is 0.109. The van der Waals surface area contributed by atoms with E-state index < -0.39 is 0 Å². The van der Waals surface area contributed by atoms with Gasteiger partial charge in [0.2, 0.25) is 0 Å². The monoisotopic (exact) mass is 315 g/mol. The van der Waals surface area contributed by atoms with Crippen molar-refractivity contribution in [1.82, 2.24) is 4.90 Å². The summed E-state index contributed by atoms with van der Waals surface area (Å²) >= 11 is 3.53. The number of hydrogen-bond acceptors (Lipinski definition) is 2. The molecule has 0 bridgehead atoms. The molecule has 0 N–H and O–H groups in total. The second-order valence-corrected chi connectivity index (χ2v) is 6.08. The zero-order valence-electron chi connectivity index (χ0n) is 11.0. The van der Waals surface area contributed by atoms with Crippen LogP contribution in [-0.4, -0.2) is 35.5 Å². The first-order valence-electron chi connectivity index (χ1n) is 6.14. The maximum atomic E-state index is 13.1. The molecule has 2 nitrogen and oxygen atoms in total. The van der Waals surface area contributed by atoms with Gasteiger partial charge in [-0.15, -0.1) is 0 Å². The molecule has 0 saturated heterocycles. The minimum Gasteiger partial charge on any atom is -0.488 e. The van der Waals surface area contributed by atoms with Gasteiger partial charge >= 0.3 is 0 Å². The van der Waals surface area contributed by atoms with Crippen LogP contribution in [0.15, 0.2) is 18.2 Å². The first-order valence-corrected chi connectivity index (χ1v) is 7.27. The molecule has 1 atom stereocenters. The first-order chi connectivity index (χ1) is 8.42. The van der Waals surface area contributed by atoms with Crippen LogP contribution >= 0.6 is 15.9 Å². The van der Waals surface area contributed by atoms with Crippen molar-refractivity contribution in [1.29, 1.82) is 0 Å². The number of fused-ring (bicyclic) bond motifs is 1. The number of halogens is 2. The fraction of sp³-hybridized carbons (Fsp3) is 0.571. The van der Waals surface area contributed by atoms with Crippen LogP contribution in [0.3, 0.4) is 0 Å². The Bertz CT molecular complexity index is 436. The molecule has 0 spiro atoms. The molecule has 0 aromatic heterocycles. The molecule has 2 rings (SSSR count). The van der Waals surface area contributed by atoms with Crippen molar-refractivity contribution in [2.45, 2.75) is 31.9 Å². The Morgan fingerprint density at radius 3 is 2.89 bits per heavy atom. The summed E-state index contributed by atoms with van der Waals surface area (Å²) in [6, 6.07) is 4.75. The fourth-order valence-electron chi connectivity index (χ4n) is 2.05. The van der Waals surface area contributed by atoms with E-state index >= 15 is 0 Å². The highest BCUT2D eigenvalue weighted by molar-refractivity contribution is 9.09. The number of nitrogens with zero attached hydrogens (tertiary/aromatic N) is 1. The molecule has 18 heavy (non-hydrogen) atoms. The van der Waals surface area contributed by atoms with Gasteiger partial charge in [-0.3, -0.25) is 4.90 Å². The van der Waals surface area contributed by atoms with Crippen LogP contribution in [0.5, 0.6) is 5.75 Å². The lowest BCUT2D eigenvalue weighted by Gasteiger charge is -2.35. The summed E-state index contributed by atoms with van der Waals surface area (Å²) in [5.41, 5.74) is 1.06. The minimum atomic E-state index is -0.188. The highest BCUT2D eigenvalue weighted by Crippen LogP contribution is 2.30. The Hall–Kier alpha value is -0.610. The largest absolute Gasteiger partial charge is 0.488 e. The molecule has 1 aromatic rings. The maximum absolute atomic E-state index is 13.1. The van der Waals surface area contributed by atoms with Crippen LogP contribution in [0, 0.1) is 5.82 Å². The molecule has 100 valence electrons. The number of likely N-dealkylation sites (N-methyl/N-ethyl adjacent to an activating group) is 1. The fourth-order valence-corrected chi connectivity index (χ4v) is 2.47. The average Bonchev–Trinajstić information content (AvgIpc) is 2.70. The van der Waals surface area contributed by atoms with Crippen molar-refractivity contribution in [2.24, 2.45) is 0 Å². The van der Waals surface area contributed by atoms with Gasteiger partial charge in [0, 0.05) is 29.4 Å². The van der Waals surface area contributed by atoms with E-state index in [-0.39, 0.29) is 17.5 Å². The van der Waals surface area contributed by atoms with Crippen LogP contribution < -0.4 is 4.74 Å². The molecule has 0 fully saturated rings. The number of alkyl halides is 1. The zero-order valence-corrected chi connectivity index (χ0v) is 12.6. The molecule has 1 heterocycles. The second-order valence-electron chi connectivity index (χ2n) is 5.52. The summed E-state index contributed by atoms with van der Waals surface area (Å²) < 4.78 is 19.0. The maximum Gasteiger partial charge on any atom is 0.123 e. The predicted molar refractivity (Wildman–Crippen MR) is 75.0 cm³/mol. The SMILES string of the molecule is CN(CC1Cc2cc(F)ccc2O1)C(C)(C)CBr. The second kappa shape index (κ2) is 5.17. The average molecular weight is 316 g/mol. The van der Waals surface area contributed by atoms with Crippen molar-refractivity contribution in [3.63, 3.8) is 0 Å². The Kier molecular flexibility index (Phi) is 3.97. The Morgan fingerprint density at radius 2 is 2.22 bits per heavy atom. The van der Waals surface area contributed by atoms with Gasteiger partial charge < -0.3 is 4.74 Å². The van der Waals surface area contributed by atoms with Crippen LogP contribution in [-0.2, 0) is 6.42 Å². The van der Waals surface area contributed by atoms with Crippen LogP contribution in [0.4, 0.5) is 4.39 Å². The standard InChI is InChI=1S/C14H19BrFNO/c1-14(2,9-15)17(3)8-12-7-10-6-11(16)4-5-13(10)18-12/h4-6,12H,7-9H2,1-3H3. The van der Waals surface area contributed by atoms with Crippen molar-refractivity contribution < 1.29 is 9.13 Å². The summed E-state index contributed by atoms with van der Waals surface area (Å²) in [5.74, 6) is 0.638. The number of hydrogen-bond donors (Lipinski definition) is 0. The molecular formula is C14H19BrFNO. The van der Waals surface area contributed by atoms with Gasteiger partial charge in [0.15, 0.2) is 0 Å². The third kappa shape index (κ3) is 2.86. The topological polar surface area (TPSA) is 12.5 Å². The van der Waals surface area contributed by atoms with Crippen molar-refractivity contribution in [2.75, 3.05) is 18.9 Å². The molecule has 0 saturated carbocycles. The van der Waals surface area contributed by atoms with Crippen LogP contribution in [0.2, 0.25) is 0 Å². The van der Waals surface area contributed by atoms with Gasteiger partial charge in [-0.05, 0) is 39.1 Å². The molecular weight excluding hydrogens is 297 g/mol. The van der Waals surface area contributed by atoms with E-state index in [4.69, 9.17) is 4.74 Å². The Balaban J connectivity index is 2.00. The highest BCUT2D eigenvalue weighted by atomic mass is 79.9. The van der Waals surface area contributed by atoms with E-state index in [0.29, 0.717) is 0 Å². The van der Waals surface area contributed by atoms with E-state index in [1.165, 1.54) is 6.07 Å². The normalized spacial score (nSPS) is 18.9. The lowest BCUT2D eigenvalue weighted by Crippen LogP contribution is -2.47. The summed E-state index contributed by atoms with van der Waals surface area (Å²) in [7, 11) is 2.09. The van der Waals surface area contributed by atoms with E-state index in [1.54, 1.807) is 12.1 Å². The molecule has 1 aliphatic heterocycles. The van der Waals surface area contributed by atoms with Gasteiger partial charge in [0.25, 0.3) is 0 Å². The third-order valence-electron chi connectivity index (χ3n) is 3.60. The summed E-state index contributed by atoms with van der Waals surface area (Å²) in [6.07, 6.45) is 0.903. The molecule has 0 aliphatic carbocycles. The lowest BCUT2D eigenvalue weighted by atomic mass is 10.0. The van der Waals surface area contributed by atoms with Crippen molar-refractivity contribution in [3.8, 4) is 5.75 Å². The highest BCUT2D eigenvalue weighted by Gasteiger charge is 2.29. The van der Waals surface area contributed by atoms with E-state index in [1.807, 2.05) is 0 Å². The van der Waals surface area contributed by atoms with E-state index in [2.05, 4.69) is 41.7 Å². The van der Waals surface area contributed by atoms with Crippen molar-refractivity contribution >= 4 is 15.9 Å². The molecule has 0 radical (unpaired) electrons. The molecule has 1 unspecified atom stereocenters. The molecule has 1 aliphatic rings. The summed E-state index contributed by atoms with van der Waals surface area (Å²) in [5, 5.41) is 0.908. The van der Waals surface area contributed by atoms with Crippen LogP contribution in [0.25, 0.3) is 0 Å². The smallest absolute Gasteiger partial charge is 0.123 e. The van der Waals surface area contributed by atoms with E-state index in [9.17, 15) is 4.39 Å². The van der Waals surface area contributed by atoms with E-state index in [0.717, 1.165) is 29.6 Å². The molecule has 1 aromatic carbocycles. The molecule has 4 heteroatoms. The third-order valence-corrected chi connectivity index (χ3v) is 4.97. The Labute approximate surface area is 116 Å². The number of ether oxygens (including phenoxy) is 1. The predicted octanol–water partition coefficient (Wildman–Crippen LogP) is 3.23. The van der Waals surface area contributed by atoms with Crippen LogP contribution in [0.1, 0.15) is 19.4 Å². The summed E-state index contributed by atoms with van der Waals surface area (Å²) in [4.78, 5) is 2.27. The minimum absolute atomic E-state index is 0.0867. The van der Waals surface area contributed by atoms with Gasteiger partial charge in [-0.25, -0.2) is 4.39 Å². The van der Waals surface area contributed by atoms with Gasteiger partial charge in [0.05, 0.1) is 0 Å². The summed E-state index contributed by atoms with van der Waals surface area (Å²) in [6.45, 7) is 5.21. The van der Waals surface area contributed by atoms with Gasteiger partial charge in [-0.2, -0.15) is 0 Å². The van der Waals surface area contributed by atoms with Gasteiger partial charge in [-0.1, -0.05) is 15.9 Å². The number of benzene rings is 1. The first kappa shape index (κ1) is 13.8. The molecule has 0 amide bonds. The quantitative estimate of drug-likeness (QED) is 0.791. The van der Waals surface area contributed by atoms with Crippen molar-refractivity contribution in [3.05, 3.63) is 29.6 Å². The zero-order chi connectivity index (χ0) is 13.3. The number of rotatable bonds is 4.